The highest BCUT2D eigenvalue weighted by Crippen LogP contribution is 2.23. The van der Waals surface area contributed by atoms with Gasteiger partial charge in [-0.3, -0.25) is 4.79 Å². The molecule has 0 bridgehead atoms. The molecular formula is C11H17ClN4O2. The van der Waals surface area contributed by atoms with Crippen LogP contribution in [-0.4, -0.2) is 41.6 Å². The molecule has 0 saturated carbocycles. The van der Waals surface area contributed by atoms with E-state index in [1.165, 1.54) is 4.68 Å². The van der Waals surface area contributed by atoms with E-state index in [4.69, 9.17) is 22.1 Å². The third kappa shape index (κ3) is 2.50. The highest BCUT2D eigenvalue weighted by molar-refractivity contribution is 6.33. The highest BCUT2D eigenvalue weighted by Gasteiger charge is 2.25. The van der Waals surface area contributed by atoms with Gasteiger partial charge in [0.05, 0.1) is 24.6 Å². The Bertz CT molecular complexity index is 488. The zero-order valence-corrected chi connectivity index (χ0v) is 11.2. The Morgan fingerprint density at radius 3 is 3.06 bits per heavy atom. The smallest absolute Gasteiger partial charge is 0.287 e. The molecule has 2 unspecified atom stereocenters. The van der Waals surface area contributed by atoms with E-state index in [1.807, 2.05) is 11.8 Å². The summed E-state index contributed by atoms with van der Waals surface area (Å²) in [4.78, 5) is 13.7. The molecule has 2 atom stereocenters. The lowest BCUT2D eigenvalue weighted by molar-refractivity contribution is 0.0275. The molecule has 2 heterocycles. The van der Waals surface area contributed by atoms with E-state index in [0.29, 0.717) is 25.4 Å². The van der Waals surface area contributed by atoms with Crippen LogP contribution in [0.5, 0.6) is 0 Å². The van der Waals surface area contributed by atoms with Crippen LogP contribution in [0.3, 0.4) is 0 Å². The number of rotatable bonds is 2. The number of hydrogen-bond donors (Lipinski definition) is 1. The molecule has 0 spiro atoms. The Morgan fingerprint density at radius 2 is 2.39 bits per heavy atom. The third-order valence-corrected chi connectivity index (χ3v) is 3.44. The average Bonchev–Trinajstić information content (AvgIpc) is 2.36. The molecule has 1 aliphatic rings. The summed E-state index contributed by atoms with van der Waals surface area (Å²) in [6, 6.07) is -0.0638. The van der Waals surface area contributed by atoms with Crippen LogP contribution in [0.15, 0.2) is 11.0 Å². The van der Waals surface area contributed by atoms with Gasteiger partial charge in [-0.05, 0) is 6.92 Å². The van der Waals surface area contributed by atoms with Crippen LogP contribution in [0.4, 0.5) is 5.69 Å². The van der Waals surface area contributed by atoms with Crippen molar-refractivity contribution in [3.8, 4) is 0 Å². The van der Waals surface area contributed by atoms with Crippen molar-refractivity contribution in [2.75, 3.05) is 24.6 Å². The standard InChI is InChI=1S/C11H17ClN4O2/c1-7(13)9-6-16(3-4-18-9)8-5-14-15(2)11(17)10(8)12/h5,7,9H,3-4,6,13H2,1-2H3. The molecule has 0 amide bonds. The van der Waals surface area contributed by atoms with E-state index < -0.39 is 0 Å². The predicted octanol–water partition coefficient (Wildman–Crippen LogP) is -0.0139. The average molecular weight is 273 g/mol. The molecule has 1 aromatic heterocycles. The second-order valence-corrected chi connectivity index (χ2v) is 4.86. The number of ether oxygens (including phenoxy) is 1. The maximum absolute atomic E-state index is 11.7. The van der Waals surface area contributed by atoms with Gasteiger partial charge in [0, 0.05) is 26.2 Å². The maximum atomic E-state index is 11.7. The molecule has 100 valence electrons. The number of aromatic nitrogens is 2. The van der Waals surface area contributed by atoms with Crippen LogP contribution in [0.25, 0.3) is 0 Å². The lowest BCUT2D eigenvalue weighted by Gasteiger charge is -2.36. The Kier molecular flexibility index (Phi) is 3.89. The van der Waals surface area contributed by atoms with E-state index in [-0.39, 0.29) is 22.7 Å². The zero-order chi connectivity index (χ0) is 13.3. The summed E-state index contributed by atoms with van der Waals surface area (Å²) in [5.41, 5.74) is 6.19. The lowest BCUT2D eigenvalue weighted by Crippen LogP contribution is -2.50. The molecule has 7 heteroatoms. The minimum atomic E-state index is -0.294. The van der Waals surface area contributed by atoms with Crippen molar-refractivity contribution >= 4 is 17.3 Å². The fourth-order valence-corrected chi connectivity index (χ4v) is 2.23. The molecule has 1 fully saturated rings. The van der Waals surface area contributed by atoms with Gasteiger partial charge < -0.3 is 15.4 Å². The van der Waals surface area contributed by atoms with Crippen LogP contribution in [-0.2, 0) is 11.8 Å². The van der Waals surface area contributed by atoms with Gasteiger partial charge in [-0.15, -0.1) is 0 Å². The van der Waals surface area contributed by atoms with E-state index in [0.717, 1.165) is 0 Å². The fourth-order valence-electron chi connectivity index (χ4n) is 1.93. The first-order valence-electron chi connectivity index (χ1n) is 5.84. The molecule has 0 aromatic carbocycles. The van der Waals surface area contributed by atoms with Gasteiger partial charge in [-0.2, -0.15) is 5.10 Å². The summed E-state index contributed by atoms with van der Waals surface area (Å²) in [7, 11) is 1.57. The Balaban J connectivity index is 2.26. The highest BCUT2D eigenvalue weighted by atomic mass is 35.5. The number of aryl methyl sites for hydroxylation is 1. The normalized spacial score (nSPS) is 22.0. The Hall–Kier alpha value is -1.11. The summed E-state index contributed by atoms with van der Waals surface area (Å²) < 4.78 is 6.79. The van der Waals surface area contributed by atoms with Gasteiger partial charge in [0.2, 0.25) is 0 Å². The first kappa shape index (κ1) is 13.3. The fraction of sp³-hybridized carbons (Fsp3) is 0.636. The summed E-state index contributed by atoms with van der Waals surface area (Å²) in [6.45, 7) is 3.76. The largest absolute Gasteiger partial charge is 0.373 e. The Labute approximate surface area is 110 Å². The van der Waals surface area contributed by atoms with Crippen LogP contribution < -0.4 is 16.2 Å². The van der Waals surface area contributed by atoms with Crippen molar-refractivity contribution in [3.05, 3.63) is 21.6 Å². The summed E-state index contributed by atoms with van der Waals surface area (Å²) in [5, 5.41) is 4.18. The molecule has 0 radical (unpaired) electrons. The van der Waals surface area contributed by atoms with E-state index >= 15 is 0 Å². The number of nitrogens with zero attached hydrogens (tertiary/aromatic N) is 3. The first-order chi connectivity index (χ1) is 8.50. The van der Waals surface area contributed by atoms with Crippen molar-refractivity contribution < 1.29 is 4.74 Å². The van der Waals surface area contributed by atoms with Crippen LogP contribution in [0.1, 0.15) is 6.92 Å². The molecule has 1 aliphatic heterocycles. The number of halogens is 1. The van der Waals surface area contributed by atoms with Gasteiger partial charge in [0.15, 0.2) is 0 Å². The van der Waals surface area contributed by atoms with E-state index in [2.05, 4.69) is 5.10 Å². The molecule has 6 nitrogen and oxygen atoms in total. The van der Waals surface area contributed by atoms with Gasteiger partial charge in [-0.25, -0.2) is 4.68 Å². The predicted molar refractivity (Wildman–Crippen MR) is 70.1 cm³/mol. The third-order valence-electron chi connectivity index (χ3n) is 3.08. The summed E-state index contributed by atoms with van der Waals surface area (Å²) >= 11 is 6.07. The number of morpholine rings is 1. The quantitative estimate of drug-likeness (QED) is 0.820. The minimum absolute atomic E-state index is 0.0566. The lowest BCUT2D eigenvalue weighted by atomic mass is 10.1. The molecular weight excluding hydrogens is 256 g/mol. The molecule has 2 rings (SSSR count). The number of hydrogen-bond acceptors (Lipinski definition) is 5. The van der Waals surface area contributed by atoms with Gasteiger partial charge in [0.25, 0.3) is 5.56 Å². The molecule has 2 N–H and O–H groups in total. The van der Waals surface area contributed by atoms with Gasteiger partial charge >= 0.3 is 0 Å². The molecule has 1 saturated heterocycles. The summed E-state index contributed by atoms with van der Waals surface area (Å²) in [6.07, 6.45) is 1.55. The molecule has 0 aliphatic carbocycles. The number of nitrogens with two attached hydrogens (primary N) is 1. The summed E-state index contributed by atoms with van der Waals surface area (Å²) in [5.74, 6) is 0. The maximum Gasteiger partial charge on any atom is 0.287 e. The number of anilines is 1. The molecule has 1 aromatic rings. The van der Waals surface area contributed by atoms with Crippen molar-refractivity contribution in [1.29, 1.82) is 0 Å². The monoisotopic (exact) mass is 272 g/mol. The second kappa shape index (κ2) is 5.26. The topological polar surface area (TPSA) is 73.4 Å². The van der Waals surface area contributed by atoms with Gasteiger partial charge in [-0.1, -0.05) is 11.6 Å². The van der Waals surface area contributed by atoms with Crippen molar-refractivity contribution in [2.24, 2.45) is 12.8 Å². The van der Waals surface area contributed by atoms with Crippen LogP contribution in [0, 0.1) is 0 Å². The zero-order valence-electron chi connectivity index (χ0n) is 10.5. The van der Waals surface area contributed by atoms with Crippen molar-refractivity contribution in [3.63, 3.8) is 0 Å². The first-order valence-corrected chi connectivity index (χ1v) is 6.22. The molecule has 18 heavy (non-hydrogen) atoms. The Morgan fingerprint density at radius 1 is 1.67 bits per heavy atom. The minimum Gasteiger partial charge on any atom is -0.373 e. The van der Waals surface area contributed by atoms with E-state index in [9.17, 15) is 4.79 Å². The van der Waals surface area contributed by atoms with Crippen LogP contribution in [0.2, 0.25) is 5.02 Å². The SMILES string of the molecule is CC(N)C1CN(c2cnn(C)c(=O)c2Cl)CCO1. The van der Waals surface area contributed by atoms with Crippen molar-refractivity contribution in [1.82, 2.24) is 9.78 Å². The van der Waals surface area contributed by atoms with Crippen LogP contribution >= 0.6 is 11.6 Å². The second-order valence-electron chi connectivity index (χ2n) is 4.49. The van der Waals surface area contributed by atoms with E-state index in [1.54, 1.807) is 13.2 Å². The van der Waals surface area contributed by atoms with Gasteiger partial charge in [0.1, 0.15) is 5.02 Å². The van der Waals surface area contributed by atoms with Crippen molar-refractivity contribution in [2.45, 2.75) is 19.1 Å².